The van der Waals surface area contributed by atoms with Gasteiger partial charge in [-0.25, -0.2) is 0 Å². The number of hydrogen-bond donors (Lipinski definition) is 1. The fourth-order valence-electron chi connectivity index (χ4n) is 4.79. The zero-order valence-corrected chi connectivity index (χ0v) is 15.2. The van der Waals surface area contributed by atoms with Crippen LogP contribution in [0, 0.1) is 5.92 Å². The Labute approximate surface area is 155 Å². The summed E-state index contributed by atoms with van der Waals surface area (Å²) in [4.78, 5) is 6.32. The third-order valence-electron chi connectivity index (χ3n) is 6.09. The Balaban J connectivity index is 1.30. The molecular formula is C24H26N2. The summed E-state index contributed by atoms with van der Waals surface area (Å²) < 4.78 is 0. The molecule has 2 heterocycles. The Kier molecular flexibility index (Phi) is 4.14. The first-order valence-electron chi connectivity index (χ1n) is 9.92. The lowest BCUT2D eigenvalue weighted by Gasteiger charge is -2.32. The molecule has 0 spiro atoms. The summed E-state index contributed by atoms with van der Waals surface area (Å²) in [5, 5.41) is 1.44. The summed E-state index contributed by atoms with van der Waals surface area (Å²) in [6.45, 7) is 3.53. The molecule has 132 valence electrons. The van der Waals surface area contributed by atoms with Crippen LogP contribution in [0.15, 0.2) is 60.7 Å². The number of nitrogens with zero attached hydrogens (tertiary/aromatic N) is 1. The van der Waals surface area contributed by atoms with E-state index >= 15 is 0 Å². The Morgan fingerprint density at radius 3 is 2.77 bits per heavy atom. The Bertz CT molecular complexity index is 935. The molecule has 2 aromatic carbocycles. The van der Waals surface area contributed by atoms with Crippen LogP contribution in [0.2, 0.25) is 0 Å². The van der Waals surface area contributed by atoms with Crippen molar-refractivity contribution in [3.63, 3.8) is 0 Å². The minimum absolute atomic E-state index is 0.775. The molecule has 0 saturated heterocycles. The highest BCUT2D eigenvalue weighted by molar-refractivity contribution is 5.84. The van der Waals surface area contributed by atoms with Crippen LogP contribution in [0.1, 0.15) is 29.7 Å². The van der Waals surface area contributed by atoms with Gasteiger partial charge in [0.15, 0.2) is 0 Å². The van der Waals surface area contributed by atoms with Crippen molar-refractivity contribution in [2.45, 2.75) is 25.7 Å². The number of nitrogens with one attached hydrogen (secondary N) is 1. The molecule has 1 unspecified atom stereocenters. The van der Waals surface area contributed by atoms with Crippen molar-refractivity contribution >= 4 is 16.5 Å². The molecule has 2 aliphatic rings. The molecule has 2 heteroatoms. The van der Waals surface area contributed by atoms with Gasteiger partial charge in [-0.2, -0.15) is 0 Å². The number of aromatic nitrogens is 1. The third kappa shape index (κ3) is 2.99. The van der Waals surface area contributed by atoms with Gasteiger partial charge in [0.1, 0.15) is 0 Å². The zero-order chi connectivity index (χ0) is 17.3. The highest BCUT2D eigenvalue weighted by atomic mass is 15.1. The third-order valence-corrected chi connectivity index (χ3v) is 6.09. The van der Waals surface area contributed by atoms with Crippen LogP contribution >= 0.6 is 0 Å². The Morgan fingerprint density at radius 2 is 1.85 bits per heavy atom. The Morgan fingerprint density at radius 1 is 1.00 bits per heavy atom. The minimum Gasteiger partial charge on any atom is -0.358 e. The molecule has 1 N–H and O–H groups in total. The van der Waals surface area contributed by atoms with E-state index in [2.05, 4.69) is 70.6 Å². The largest absolute Gasteiger partial charge is 0.358 e. The minimum atomic E-state index is 0.775. The van der Waals surface area contributed by atoms with E-state index in [1.807, 2.05) is 0 Å². The normalized spacial score (nSPS) is 20.8. The zero-order valence-electron chi connectivity index (χ0n) is 15.2. The molecule has 2 nitrogen and oxygen atoms in total. The molecule has 0 bridgehead atoms. The van der Waals surface area contributed by atoms with Gasteiger partial charge in [0.25, 0.3) is 0 Å². The van der Waals surface area contributed by atoms with Crippen molar-refractivity contribution in [3.05, 3.63) is 77.5 Å². The standard InChI is InChI=1S/C24H26N2/c1-2-7-19(8-3-1)20-9-6-14-26(17-20)16-18-12-13-24-22(15-18)21-10-4-5-11-23(21)25-24/h1-5,7-11,18,25H,6,12-17H2. The average molecular weight is 342 g/mol. The van der Waals surface area contributed by atoms with Gasteiger partial charge >= 0.3 is 0 Å². The van der Waals surface area contributed by atoms with E-state index in [1.54, 1.807) is 5.56 Å². The van der Waals surface area contributed by atoms with Gasteiger partial charge in [0.2, 0.25) is 0 Å². The molecule has 0 amide bonds. The fourth-order valence-corrected chi connectivity index (χ4v) is 4.79. The SMILES string of the molecule is C1=C(c2ccccc2)CN(CC2CCc3[nH]c4ccccc4c3C2)CC1. The van der Waals surface area contributed by atoms with Gasteiger partial charge in [0.05, 0.1) is 0 Å². The van der Waals surface area contributed by atoms with E-state index in [0.29, 0.717) is 0 Å². The number of hydrogen-bond acceptors (Lipinski definition) is 1. The molecule has 1 aliphatic heterocycles. The van der Waals surface area contributed by atoms with E-state index in [4.69, 9.17) is 0 Å². The summed E-state index contributed by atoms with van der Waals surface area (Å²) in [6.07, 6.45) is 7.34. The van der Waals surface area contributed by atoms with E-state index in [-0.39, 0.29) is 0 Å². The van der Waals surface area contributed by atoms with Gasteiger partial charge in [-0.15, -0.1) is 0 Å². The predicted molar refractivity (Wildman–Crippen MR) is 109 cm³/mol. The summed E-state index contributed by atoms with van der Waals surface area (Å²) in [5.74, 6) is 0.775. The van der Waals surface area contributed by atoms with Gasteiger partial charge < -0.3 is 4.98 Å². The quantitative estimate of drug-likeness (QED) is 0.705. The number of aryl methyl sites for hydroxylation is 1. The molecule has 1 atom stereocenters. The second-order valence-corrected chi connectivity index (χ2v) is 7.86. The molecule has 1 aliphatic carbocycles. The molecule has 0 radical (unpaired) electrons. The highest BCUT2D eigenvalue weighted by Crippen LogP contribution is 2.32. The number of benzene rings is 2. The van der Waals surface area contributed by atoms with Gasteiger partial charge in [-0.05, 0) is 54.4 Å². The van der Waals surface area contributed by atoms with Gasteiger partial charge in [-0.3, -0.25) is 4.90 Å². The Hall–Kier alpha value is -2.32. The van der Waals surface area contributed by atoms with Gasteiger partial charge in [-0.1, -0.05) is 54.6 Å². The highest BCUT2D eigenvalue weighted by Gasteiger charge is 2.25. The lowest BCUT2D eigenvalue weighted by atomic mass is 9.85. The van der Waals surface area contributed by atoms with Crippen molar-refractivity contribution in [1.82, 2.24) is 9.88 Å². The lowest BCUT2D eigenvalue weighted by Crippen LogP contribution is -2.35. The van der Waals surface area contributed by atoms with Crippen LogP contribution in [-0.4, -0.2) is 29.5 Å². The molecule has 3 aromatic rings. The number of H-pyrrole nitrogens is 1. The first kappa shape index (κ1) is 15.9. The van der Waals surface area contributed by atoms with Crippen LogP contribution < -0.4 is 0 Å². The molecule has 1 aromatic heterocycles. The first-order chi connectivity index (χ1) is 12.9. The maximum absolute atomic E-state index is 3.65. The summed E-state index contributed by atoms with van der Waals surface area (Å²) in [6, 6.07) is 19.7. The lowest BCUT2D eigenvalue weighted by molar-refractivity contribution is 0.240. The smallest absolute Gasteiger partial charge is 0.0458 e. The van der Waals surface area contributed by atoms with Crippen LogP contribution in [0.3, 0.4) is 0 Å². The molecule has 26 heavy (non-hydrogen) atoms. The summed E-state index contributed by atoms with van der Waals surface area (Å²) in [7, 11) is 0. The van der Waals surface area contributed by atoms with Crippen molar-refractivity contribution < 1.29 is 0 Å². The first-order valence-corrected chi connectivity index (χ1v) is 9.92. The second-order valence-electron chi connectivity index (χ2n) is 7.86. The van der Waals surface area contributed by atoms with Crippen LogP contribution in [0.25, 0.3) is 16.5 Å². The fraction of sp³-hybridized carbons (Fsp3) is 0.333. The predicted octanol–water partition coefficient (Wildman–Crippen LogP) is 5.06. The van der Waals surface area contributed by atoms with Crippen molar-refractivity contribution in [1.29, 1.82) is 0 Å². The van der Waals surface area contributed by atoms with Crippen molar-refractivity contribution in [2.24, 2.45) is 5.92 Å². The van der Waals surface area contributed by atoms with E-state index in [9.17, 15) is 0 Å². The maximum Gasteiger partial charge on any atom is 0.0458 e. The van der Waals surface area contributed by atoms with Crippen molar-refractivity contribution in [2.75, 3.05) is 19.6 Å². The molecule has 0 saturated carbocycles. The summed E-state index contributed by atoms with van der Waals surface area (Å²) in [5.41, 5.74) is 7.25. The molecule has 5 rings (SSSR count). The van der Waals surface area contributed by atoms with Crippen LogP contribution in [0.4, 0.5) is 0 Å². The molecular weight excluding hydrogens is 316 g/mol. The summed E-state index contributed by atoms with van der Waals surface area (Å²) >= 11 is 0. The monoisotopic (exact) mass is 342 g/mol. The topological polar surface area (TPSA) is 19.0 Å². The van der Waals surface area contributed by atoms with E-state index in [1.165, 1.54) is 66.5 Å². The second kappa shape index (κ2) is 6.77. The number of para-hydroxylation sites is 1. The number of aromatic amines is 1. The van der Waals surface area contributed by atoms with Crippen LogP contribution in [0.5, 0.6) is 0 Å². The van der Waals surface area contributed by atoms with E-state index in [0.717, 1.165) is 12.5 Å². The van der Waals surface area contributed by atoms with E-state index < -0.39 is 0 Å². The number of rotatable bonds is 3. The maximum atomic E-state index is 3.65. The average Bonchev–Trinajstić information content (AvgIpc) is 3.07. The van der Waals surface area contributed by atoms with Gasteiger partial charge in [0, 0.05) is 36.2 Å². The van der Waals surface area contributed by atoms with Crippen LogP contribution in [-0.2, 0) is 12.8 Å². The molecule has 0 fully saturated rings. The number of fused-ring (bicyclic) bond motifs is 3. The van der Waals surface area contributed by atoms with Crippen molar-refractivity contribution in [3.8, 4) is 0 Å².